The summed E-state index contributed by atoms with van der Waals surface area (Å²) in [5.41, 5.74) is 6.30. The van der Waals surface area contributed by atoms with E-state index in [-0.39, 0.29) is 26.4 Å². The molecule has 8 bridgehead atoms. The first-order chi connectivity index (χ1) is 35.5. The summed E-state index contributed by atoms with van der Waals surface area (Å²) in [6.45, 7) is 0.961. The van der Waals surface area contributed by atoms with Crippen LogP contribution in [0.25, 0.3) is 89.7 Å². The van der Waals surface area contributed by atoms with Crippen molar-refractivity contribution >= 4 is 91.2 Å². The third kappa shape index (κ3) is 13.2. The van der Waals surface area contributed by atoms with Crippen molar-refractivity contribution in [1.29, 1.82) is 0 Å². The second-order valence-electron chi connectivity index (χ2n) is 18.4. The highest BCUT2D eigenvalue weighted by Gasteiger charge is 2.24. The molecule has 72 heavy (non-hydrogen) atoms. The molecule has 12 nitrogen and oxygen atoms in total. The van der Waals surface area contributed by atoms with Crippen molar-refractivity contribution in [3.05, 3.63) is 72.8 Å². The molecule has 0 amide bonds. The Kier molecular flexibility index (Phi) is 19.4. The maximum Gasteiger partial charge on any atom is 0.164 e. The van der Waals surface area contributed by atoms with Crippen LogP contribution in [0.15, 0.2) is 92.4 Å². The van der Waals surface area contributed by atoms with E-state index >= 15 is 0 Å². The second-order valence-corrected chi connectivity index (χ2v) is 23.1. The molecule has 0 aliphatic carbocycles. The summed E-state index contributed by atoms with van der Waals surface area (Å²) in [6, 6.07) is 26.0. The van der Waals surface area contributed by atoms with Crippen LogP contribution in [0.3, 0.4) is 0 Å². The van der Waals surface area contributed by atoms with Crippen LogP contribution in [0.4, 0.5) is 0 Å². The molecule has 7 aromatic rings. The number of fused-ring (bicyclic) bond motifs is 20. The van der Waals surface area contributed by atoms with Crippen molar-refractivity contribution in [3.8, 4) is 45.6 Å². The Balaban J connectivity index is 1.20. The van der Waals surface area contributed by atoms with Crippen LogP contribution in [-0.2, 0) is 0 Å². The Labute approximate surface area is 439 Å². The second kappa shape index (κ2) is 26.6. The predicted octanol–water partition coefficient (Wildman–Crippen LogP) is 13.4. The fourth-order valence-electron chi connectivity index (χ4n) is 9.10. The number of aliphatic hydroxyl groups excluding tert-OH is 4. The molecular weight excluding hydrogens is 977 g/mol. The minimum absolute atomic E-state index is 0.240. The summed E-state index contributed by atoms with van der Waals surface area (Å²) >= 11 is 7.33. The molecule has 2 aliphatic rings. The number of rotatable bonds is 28. The molecule has 9 rings (SSSR count). The van der Waals surface area contributed by atoms with E-state index < -0.39 is 0 Å². The van der Waals surface area contributed by atoms with Gasteiger partial charge in [0.15, 0.2) is 23.3 Å². The minimum atomic E-state index is 0.240. The number of nitrogens with zero attached hydrogens (tertiary/aromatic N) is 6. The molecule has 3 aromatic heterocycles. The van der Waals surface area contributed by atoms with Crippen molar-refractivity contribution < 1.29 is 20.4 Å². The Hall–Kier alpha value is -4.52. The molecular formula is C56H66N8O4S4. The van der Waals surface area contributed by atoms with Gasteiger partial charge in [-0.15, -0.1) is 47.0 Å². The monoisotopic (exact) mass is 1040 g/mol. The molecule has 0 unspecified atom stereocenters. The molecule has 0 saturated carbocycles. The summed E-state index contributed by atoms with van der Waals surface area (Å²) in [6.07, 6.45) is 16.1. The number of thioether (sulfide) groups is 4. The van der Waals surface area contributed by atoms with Crippen LogP contribution in [-0.4, -0.2) is 110 Å². The minimum Gasteiger partial charge on any atom is -0.396 e. The molecule has 16 heteroatoms. The van der Waals surface area contributed by atoms with Gasteiger partial charge in [0.05, 0.1) is 0 Å². The van der Waals surface area contributed by atoms with Crippen LogP contribution in [0.2, 0.25) is 0 Å². The first kappa shape index (κ1) is 52.3. The number of aromatic amines is 2. The van der Waals surface area contributed by atoms with Crippen LogP contribution < -0.4 is 0 Å². The summed E-state index contributed by atoms with van der Waals surface area (Å²) in [5, 5.41) is 40.9. The van der Waals surface area contributed by atoms with E-state index in [9.17, 15) is 20.4 Å². The fourth-order valence-corrected chi connectivity index (χ4v) is 12.9. The molecule has 378 valence electrons. The van der Waals surface area contributed by atoms with Crippen LogP contribution in [0, 0.1) is 0 Å². The summed E-state index contributed by atoms with van der Waals surface area (Å²) in [5.74, 6) is 6.22. The zero-order valence-electron chi connectivity index (χ0n) is 41.0. The molecule has 4 aromatic carbocycles. The average Bonchev–Trinajstić information content (AvgIpc) is 4.13. The van der Waals surface area contributed by atoms with Crippen molar-refractivity contribution in [1.82, 2.24) is 39.9 Å². The van der Waals surface area contributed by atoms with E-state index in [4.69, 9.17) is 29.9 Å². The third-order valence-corrected chi connectivity index (χ3v) is 17.3. The first-order valence-electron chi connectivity index (χ1n) is 25.9. The molecule has 0 saturated heterocycles. The zero-order chi connectivity index (χ0) is 49.5. The average molecular weight is 1040 g/mol. The Morgan fingerprint density at radius 3 is 0.931 bits per heavy atom. The lowest BCUT2D eigenvalue weighted by Crippen LogP contribution is -1.87. The summed E-state index contributed by atoms with van der Waals surface area (Å²) in [7, 11) is 0. The standard InChI is InChI=1S/C56H66N8O4S4/c65-25-9-1-5-13-29-69-37-17-21-41-45(33-37)53-57-49(41)62-54-47-35-39(71-31-15-7-3-11-27-67)19-23-43(47)51(59-54)64-56-48-36-40(72-32-16-8-4-12-28-68)20-24-44(48)52(60-56)63-55-46-34-38(70-30-14-6-2-10-26-66)18-22-42(46)50(58-55)61-53/h17-24,33-36,65-68H,1-16,25-32H2,(H2,57,58,59,60,61,62,63,64). The zero-order valence-corrected chi connectivity index (χ0v) is 44.3. The number of aliphatic hydroxyl groups is 4. The SMILES string of the molecule is OCCCCCCSc1ccc2c(c1)-c1nc-2nc2[nH]c(nc3nc(nc4[nH]c(n1)c1ccc(SCCCCCCO)cc41)-c1ccc(SCCCCCCO)cc1-3)c1ccc(SCCCCCCO)cc21. The molecule has 6 N–H and O–H groups in total. The van der Waals surface area contributed by atoms with E-state index in [2.05, 4.69) is 82.8 Å². The van der Waals surface area contributed by atoms with Crippen molar-refractivity contribution in [2.75, 3.05) is 49.4 Å². The van der Waals surface area contributed by atoms with Gasteiger partial charge >= 0.3 is 0 Å². The van der Waals surface area contributed by atoms with Crippen molar-refractivity contribution in [2.24, 2.45) is 0 Å². The summed E-state index contributed by atoms with van der Waals surface area (Å²) in [4.78, 5) is 43.8. The molecule has 0 radical (unpaired) electrons. The topological polar surface area (TPSA) is 190 Å². The number of nitrogens with one attached hydrogen (secondary N) is 2. The van der Waals surface area contributed by atoms with Crippen LogP contribution in [0.1, 0.15) is 103 Å². The Bertz CT molecular complexity index is 2900. The smallest absolute Gasteiger partial charge is 0.164 e. The lowest BCUT2D eigenvalue weighted by molar-refractivity contribution is 0.282. The molecule has 2 aliphatic heterocycles. The number of unbranched alkanes of at least 4 members (excludes halogenated alkanes) is 12. The van der Waals surface area contributed by atoms with Gasteiger partial charge in [-0.25, -0.2) is 29.9 Å². The van der Waals surface area contributed by atoms with Gasteiger partial charge in [-0.3, -0.25) is 0 Å². The predicted molar refractivity (Wildman–Crippen MR) is 301 cm³/mol. The number of hydrogen-bond acceptors (Lipinski definition) is 14. The Morgan fingerprint density at radius 1 is 0.292 bits per heavy atom. The van der Waals surface area contributed by atoms with Crippen LogP contribution >= 0.6 is 47.0 Å². The Morgan fingerprint density at radius 2 is 0.583 bits per heavy atom. The normalized spacial score (nSPS) is 12.1. The maximum absolute atomic E-state index is 9.28. The lowest BCUT2D eigenvalue weighted by atomic mass is 10.1. The van der Waals surface area contributed by atoms with E-state index in [0.717, 1.165) is 189 Å². The molecule has 0 fully saturated rings. The summed E-state index contributed by atoms with van der Waals surface area (Å²) < 4.78 is 0. The highest BCUT2D eigenvalue weighted by atomic mass is 32.2. The molecule has 5 heterocycles. The fraction of sp³-hybridized carbons (Fsp3) is 0.429. The van der Waals surface area contributed by atoms with Crippen molar-refractivity contribution in [3.63, 3.8) is 0 Å². The number of H-pyrrole nitrogens is 2. The van der Waals surface area contributed by atoms with Gasteiger partial charge in [0.2, 0.25) is 0 Å². The number of aromatic nitrogens is 8. The quantitative estimate of drug-likeness (QED) is 0.0201. The van der Waals surface area contributed by atoms with Gasteiger partial charge in [0.1, 0.15) is 22.6 Å². The van der Waals surface area contributed by atoms with Gasteiger partial charge in [0.25, 0.3) is 0 Å². The van der Waals surface area contributed by atoms with E-state index in [1.165, 1.54) is 0 Å². The van der Waals surface area contributed by atoms with E-state index in [1.54, 1.807) is 0 Å². The van der Waals surface area contributed by atoms with Gasteiger partial charge < -0.3 is 30.4 Å². The van der Waals surface area contributed by atoms with Gasteiger partial charge in [-0.1, -0.05) is 51.4 Å². The lowest BCUT2D eigenvalue weighted by Gasteiger charge is -2.05. The van der Waals surface area contributed by atoms with Gasteiger partial charge in [0, 0.05) is 89.8 Å². The highest BCUT2D eigenvalue weighted by molar-refractivity contribution is 8.00. The third-order valence-electron chi connectivity index (χ3n) is 13.0. The van der Waals surface area contributed by atoms with Crippen LogP contribution in [0.5, 0.6) is 0 Å². The number of benzene rings is 4. The van der Waals surface area contributed by atoms with E-state index in [1.807, 2.05) is 47.0 Å². The largest absolute Gasteiger partial charge is 0.396 e. The molecule has 0 spiro atoms. The van der Waals surface area contributed by atoms with Gasteiger partial charge in [-0.05, 0) is 147 Å². The van der Waals surface area contributed by atoms with Gasteiger partial charge in [-0.2, -0.15) is 0 Å². The van der Waals surface area contributed by atoms with E-state index in [0.29, 0.717) is 45.9 Å². The number of hydrogen-bond donors (Lipinski definition) is 6. The molecule has 0 atom stereocenters. The van der Waals surface area contributed by atoms with Crippen molar-refractivity contribution in [2.45, 2.75) is 122 Å². The maximum atomic E-state index is 9.28. The first-order valence-corrected chi connectivity index (χ1v) is 29.8. The highest BCUT2D eigenvalue weighted by Crippen LogP contribution is 2.41.